The lowest BCUT2D eigenvalue weighted by molar-refractivity contribution is 0.0823. The number of nitrogens with zero attached hydrogens (tertiary/aromatic N) is 1. The van der Waals surface area contributed by atoms with Gasteiger partial charge in [0, 0.05) is 25.0 Å². The molecule has 1 heterocycles. The van der Waals surface area contributed by atoms with E-state index in [0.717, 1.165) is 22.2 Å². The summed E-state index contributed by atoms with van der Waals surface area (Å²) < 4.78 is 5.81. The van der Waals surface area contributed by atoms with Crippen LogP contribution in [0.5, 0.6) is 5.75 Å². The molecule has 4 heteroatoms. The van der Waals surface area contributed by atoms with Crippen LogP contribution in [0, 0.1) is 0 Å². The van der Waals surface area contributed by atoms with Crippen LogP contribution in [0.1, 0.15) is 16.1 Å². The van der Waals surface area contributed by atoms with E-state index in [4.69, 9.17) is 4.74 Å². The molecular weight excluding hydrogens is 276 g/mol. The maximum absolute atomic E-state index is 12.0. The van der Waals surface area contributed by atoms with Gasteiger partial charge in [0.1, 0.15) is 18.1 Å². The topological polar surface area (TPSA) is 45.3 Å². The summed E-state index contributed by atoms with van der Waals surface area (Å²) in [5, 5.41) is 0.968. The molecule has 0 unspecified atom stereocenters. The molecule has 2 aromatic carbocycles. The molecule has 0 atom stereocenters. The summed E-state index contributed by atoms with van der Waals surface area (Å²) in [6.07, 6.45) is 0. The van der Waals surface area contributed by atoms with Crippen molar-refractivity contribution in [1.29, 1.82) is 0 Å². The van der Waals surface area contributed by atoms with Crippen molar-refractivity contribution in [3.8, 4) is 5.75 Å². The lowest BCUT2D eigenvalue weighted by Gasteiger charge is -2.07. The Hall–Kier alpha value is -2.75. The molecule has 1 N–H and O–H groups in total. The van der Waals surface area contributed by atoms with Crippen LogP contribution in [0.15, 0.2) is 54.6 Å². The van der Waals surface area contributed by atoms with E-state index in [9.17, 15) is 4.79 Å². The molecule has 0 aliphatic rings. The molecule has 1 amide bonds. The number of aromatic nitrogens is 1. The van der Waals surface area contributed by atoms with Crippen molar-refractivity contribution in [3.63, 3.8) is 0 Å². The first-order chi connectivity index (χ1) is 10.6. The number of ether oxygens (including phenoxy) is 1. The number of H-pyrrole nitrogens is 1. The first kappa shape index (κ1) is 14.2. The molecule has 22 heavy (non-hydrogen) atoms. The molecule has 0 saturated heterocycles. The van der Waals surface area contributed by atoms with Crippen LogP contribution in [0.2, 0.25) is 0 Å². The highest BCUT2D eigenvalue weighted by Crippen LogP contribution is 2.23. The van der Waals surface area contributed by atoms with Gasteiger partial charge in [-0.15, -0.1) is 0 Å². The molecule has 112 valence electrons. The lowest BCUT2D eigenvalue weighted by Crippen LogP contribution is -2.21. The van der Waals surface area contributed by atoms with E-state index in [2.05, 4.69) is 4.98 Å². The van der Waals surface area contributed by atoms with Crippen LogP contribution >= 0.6 is 0 Å². The normalized spacial score (nSPS) is 10.6. The third-order valence-corrected chi connectivity index (χ3v) is 3.48. The summed E-state index contributed by atoms with van der Waals surface area (Å²) in [4.78, 5) is 16.7. The Morgan fingerprint density at radius 1 is 1.09 bits per heavy atom. The van der Waals surface area contributed by atoms with E-state index in [1.165, 1.54) is 0 Å². The minimum Gasteiger partial charge on any atom is -0.489 e. The van der Waals surface area contributed by atoms with Crippen LogP contribution < -0.4 is 4.74 Å². The van der Waals surface area contributed by atoms with Gasteiger partial charge in [0.05, 0.1) is 0 Å². The SMILES string of the molecule is CN(C)C(=O)c1cc2cc(OCc3ccccc3)ccc2[nH]1. The Labute approximate surface area is 129 Å². The summed E-state index contributed by atoms with van der Waals surface area (Å²) in [6.45, 7) is 0.528. The van der Waals surface area contributed by atoms with E-state index in [1.54, 1.807) is 19.0 Å². The van der Waals surface area contributed by atoms with E-state index >= 15 is 0 Å². The molecule has 0 aliphatic carbocycles. The third kappa shape index (κ3) is 2.96. The number of carbonyl (C=O) groups excluding carboxylic acids is 1. The Morgan fingerprint density at radius 2 is 1.86 bits per heavy atom. The van der Waals surface area contributed by atoms with Crippen LogP contribution in [-0.2, 0) is 6.61 Å². The fraction of sp³-hybridized carbons (Fsp3) is 0.167. The average Bonchev–Trinajstić information content (AvgIpc) is 2.96. The maximum Gasteiger partial charge on any atom is 0.269 e. The van der Waals surface area contributed by atoms with Crippen molar-refractivity contribution in [2.75, 3.05) is 14.1 Å². The van der Waals surface area contributed by atoms with E-state index < -0.39 is 0 Å². The summed E-state index contributed by atoms with van der Waals surface area (Å²) in [5.41, 5.74) is 2.64. The summed E-state index contributed by atoms with van der Waals surface area (Å²) in [6, 6.07) is 17.7. The number of rotatable bonds is 4. The number of hydrogen-bond donors (Lipinski definition) is 1. The van der Waals surface area contributed by atoms with Crippen molar-refractivity contribution in [2.45, 2.75) is 6.61 Å². The molecule has 0 radical (unpaired) electrons. The van der Waals surface area contributed by atoms with Crippen molar-refractivity contribution in [3.05, 3.63) is 65.9 Å². The zero-order valence-corrected chi connectivity index (χ0v) is 12.7. The van der Waals surface area contributed by atoms with Crippen molar-refractivity contribution in [1.82, 2.24) is 9.88 Å². The van der Waals surface area contributed by atoms with Gasteiger partial charge in [0.2, 0.25) is 0 Å². The zero-order chi connectivity index (χ0) is 15.5. The first-order valence-electron chi connectivity index (χ1n) is 7.14. The van der Waals surface area contributed by atoms with Crippen LogP contribution in [0.4, 0.5) is 0 Å². The molecule has 1 aromatic heterocycles. The molecule has 0 aliphatic heterocycles. The van der Waals surface area contributed by atoms with Gasteiger partial charge in [-0.1, -0.05) is 30.3 Å². The monoisotopic (exact) mass is 294 g/mol. The molecule has 3 aromatic rings. The van der Waals surface area contributed by atoms with Gasteiger partial charge >= 0.3 is 0 Å². The van der Waals surface area contributed by atoms with E-state index in [1.807, 2.05) is 54.6 Å². The highest BCUT2D eigenvalue weighted by molar-refractivity contribution is 5.98. The fourth-order valence-electron chi connectivity index (χ4n) is 2.30. The van der Waals surface area contributed by atoms with Crippen LogP contribution in [-0.4, -0.2) is 29.9 Å². The molecule has 0 spiro atoms. The van der Waals surface area contributed by atoms with Crippen molar-refractivity contribution < 1.29 is 9.53 Å². The van der Waals surface area contributed by atoms with Gasteiger partial charge in [-0.25, -0.2) is 0 Å². The number of amides is 1. The quantitative estimate of drug-likeness (QED) is 0.801. The molecule has 3 rings (SSSR count). The van der Waals surface area contributed by atoms with E-state index in [0.29, 0.717) is 12.3 Å². The lowest BCUT2D eigenvalue weighted by atomic mass is 10.2. The number of carbonyl (C=O) groups is 1. The second kappa shape index (κ2) is 5.93. The first-order valence-corrected chi connectivity index (χ1v) is 7.14. The maximum atomic E-state index is 12.0. The number of nitrogens with one attached hydrogen (secondary N) is 1. The van der Waals surface area contributed by atoms with Crippen LogP contribution in [0.3, 0.4) is 0 Å². The molecule has 4 nitrogen and oxygen atoms in total. The summed E-state index contributed by atoms with van der Waals surface area (Å²) in [7, 11) is 3.48. The number of hydrogen-bond acceptors (Lipinski definition) is 2. The van der Waals surface area contributed by atoms with E-state index in [-0.39, 0.29) is 5.91 Å². The Kier molecular flexibility index (Phi) is 3.83. The third-order valence-electron chi connectivity index (χ3n) is 3.48. The molecular formula is C18H18N2O2. The molecule has 0 fully saturated rings. The second-order valence-electron chi connectivity index (χ2n) is 5.41. The summed E-state index contributed by atoms with van der Waals surface area (Å²) in [5.74, 6) is 0.752. The van der Waals surface area contributed by atoms with Gasteiger partial charge in [-0.05, 0) is 29.8 Å². The average molecular weight is 294 g/mol. The minimum atomic E-state index is -0.0389. The van der Waals surface area contributed by atoms with Gasteiger partial charge in [0.25, 0.3) is 5.91 Å². The Bertz CT molecular complexity index is 791. The number of benzene rings is 2. The largest absolute Gasteiger partial charge is 0.489 e. The van der Waals surface area contributed by atoms with Gasteiger partial charge < -0.3 is 14.6 Å². The highest BCUT2D eigenvalue weighted by atomic mass is 16.5. The zero-order valence-electron chi connectivity index (χ0n) is 12.7. The summed E-state index contributed by atoms with van der Waals surface area (Å²) >= 11 is 0. The second-order valence-corrected chi connectivity index (χ2v) is 5.41. The van der Waals surface area contributed by atoms with Crippen LogP contribution in [0.25, 0.3) is 10.9 Å². The molecule has 0 saturated carbocycles. The standard InChI is InChI=1S/C18H18N2O2/c1-20(2)18(21)17-11-14-10-15(8-9-16(14)19-17)22-12-13-6-4-3-5-7-13/h3-11,19H,12H2,1-2H3. The highest BCUT2D eigenvalue weighted by Gasteiger charge is 2.11. The van der Waals surface area contributed by atoms with Gasteiger partial charge in [-0.3, -0.25) is 4.79 Å². The smallest absolute Gasteiger partial charge is 0.269 e. The van der Waals surface area contributed by atoms with Gasteiger partial charge in [-0.2, -0.15) is 0 Å². The predicted octanol–water partition coefficient (Wildman–Crippen LogP) is 3.45. The predicted molar refractivity (Wildman–Crippen MR) is 87.1 cm³/mol. The fourth-order valence-corrected chi connectivity index (χ4v) is 2.30. The minimum absolute atomic E-state index is 0.0389. The van der Waals surface area contributed by atoms with Crippen molar-refractivity contribution in [2.24, 2.45) is 0 Å². The number of aromatic amines is 1. The molecule has 0 bridgehead atoms. The Morgan fingerprint density at radius 3 is 2.59 bits per heavy atom. The Balaban J connectivity index is 1.79. The van der Waals surface area contributed by atoms with Gasteiger partial charge in [0.15, 0.2) is 0 Å². The van der Waals surface area contributed by atoms with Crippen molar-refractivity contribution >= 4 is 16.8 Å². The number of fused-ring (bicyclic) bond motifs is 1.